The normalized spacial score (nSPS) is 11.6. The molecule has 1 aromatic carbocycles. The quantitative estimate of drug-likeness (QED) is 0.751. The fourth-order valence-corrected chi connectivity index (χ4v) is 1.93. The molecule has 0 atom stereocenters. The van der Waals surface area contributed by atoms with E-state index < -0.39 is 0 Å². The van der Waals surface area contributed by atoms with Crippen molar-refractivity contribution in [3.8, 4) is 11.3 Å². The number of nitrogens with zero attached hydrogens (tertiary/aromatic N) is 2. The second kappa shape index (κ2) is 4.52. The first-order valence-corrected chi connectivity index (χ1v) is 6.29. The third kappa shape index (κ3) is 2.42. The Labute approximate surface area is 109 Å². The maximum Gasteiger partial charge on any atom is 0.0961 e. The molecule has 18 heavy (non-hydrogen) atoms. The average molecular weight is 240 g/mol. The second-order valence-electron chi connectivity index (χ2n) is 5.83. The highest BCUT2D eigenvalue weighted by Crippen LogP contribution is 2.27. The highest BCUT2D eigenvalue weighted by atomic mass is 15.1. The molecule has 0 fully saturated rings. The van der Waals surface area contributed by atoms with E-state index in [1.807, 2.05) is 6.20 Å². The summed E-state index contributed by atoms with van der Waals surface area (Å²) in [6, 6.07) is 8.63. The van der Waals surface area contributed by atoms with E-state index in [1.165, 1.54) is 16.7 Å². The number of hydrogen-bond acceptors (Lipinski definition) is 2. The summed E-state index contributed by atoms with van der Waals surface area (Å²) in [6.07, 6.45) is 1.81. The number of rotatable bonds is 1. The summed E-state index contributed by atoms with van der Waals surface area (Å²) in [6.45, 7) is 10.8. The van der Waals surface area contributed by atoms with E-state index in [-0.39, 0.29) is 5.41 Å². The van der Waals surface area contributed by atoms with Gasteiger partial charge in [-0.1, -0.05) is 45.0 Å². The topological polar surface area (TPSA) is 25.8 Å². The van der Waals surface area contributed by atoms with E-state index in [2.05, 4.69) is 69.1 Å². The van der Waals surface area contributed by atoms with E-state index >= 15 is 0 Å². The van der Waals surface area contributed by atoms with Gasteiger partial charge in [-0.05, 0) is 36.0 Å². The van der Waals surface area contributed by atoms with Gasteiger partial charge in [0.05, 0.1) is 11.9 Å². The Morgan fingerprint density at radius 2 is 1.56 bits per heavy atom. The molecule has 2 rings (SSSR count). The van der Waals surface area contributed by atoms with Crippen LogP contribution in [0, 0.1) is 13.8 Å². The standard InChI is InChI=1S/C16H20N2/c1-11-10-17-18-15(12(11)2)13-6-8-14(9-7-13)16(3,4)5/h6-10H,1-5H3. The molecule has 2 nitrogen and oxygen atoms in total. The SMILES string of the molecule is Cc1cnnc(-c2ccc(C(C)(C)C)cc2)c1C. The Balaban J connectivity index is 2.44. The van der Waals surface area contributed by atoms with Crippen molar-refractivity contribution in [3.05, 3.63) is 47.2 Å². The molecule has 0 saturated heterocycles. The minimum atomic E-state index is 0.186. The lowest BCUT2D eigenvalue weighted by Gasteiger charge is -2.19. The van der Waals surface area contributed by atoms with Crippen LogP contribution in [0.4, 0.5) is 0 Å². The van der Waals surface area contributed by atoms with Crippen molar-refractivity contribution < 1.29 is 0 Å². The van der Waals surface area contributed by atoms with Gasteiger partial charge in [-0.25, -0.2) is 0 Å². The predicted octanol–water partition coefficient (Wildman–Crippen LogP) is 4.06. The van der Waals surface area contributed by atoms with Crippen LogP contribution in [0.3, 0.4) is 0 Å². The molecule has 0 radical (unpaired) electrons. The smallest absolute Gasteiger partial charge is 0.0961 e. The van der Waals surface area contributed by atoms with Crippen LogP contribution >= 0.6 is 0 Å². The molecule has 0 aliphatic rings. The number of hydrogen-bond donors (Lipinski definition) is 0. The Hall–Kier alpha value is -1.70. The van der Waals surface area contributed by atoms with Crippen LogP contribution in [0.2, 0.25) is 0 Å². The highest BCUT2D eigenvalue weighted by Gasteiger charge is 2.14. The van der Waals surface area contributed by atoms with Gasteiger partial charge in [0, 0.05) is 5.56 Å². The molecule has 1 heterocycles. The van der Waals surface area contributed by atoms with Crippen molar-refractivity contribution in [1.82, 2.24) is 10.2 Å². The van der Waals surface area contributed by atoms with Crippen LogP contribution in [0.15, 0.2) is 30.5 Å². The summed E-state index contributed by atoms with van der Waals surface area (Å²) in [5.41, 5.74) is 6.02. The lowest BCUT2D eigenvalue weighted by molar-refractivity contribution is 0.590. The van der Waals surface area contributed by atoms with E-state index in [0.717, 1.165) is 11.3 Å². The Morgan fingerprint density at radius 3 is 2.11 bits per heavy atom. The molecule has 0 aliphatic heterocycles. The third-order valence-corrected chi connectivity index (χ3v) is 3.38. The predicted molar refractivity (Wildman–Crippen MR) is 75.6 cm³/mol. The second-order valence-corrected chi connectivity index (χ2v) is 5.83. The van der Waals surface area contributed by atoms with Gasteiger partial charge in [0.2, 0.25) is 0 Å². The molecule has 2 aromatic rings. The zero-order valence-electron chi connectivity index (χ0n) is 11.8. The molecule has 94 valence electrons. The lowest BCUT2D eigenvalue weighted by Crippen LogP contribution is -2.10. The maximum atomic E-state index is 4.25. The highest BCUT2D eigenvalue weighted by molar-refractivity contribution is 5.63. The summed E-state index contributed by atoms with van der Waals surface area (Å²) in [7, 11) is 0. The summed E-state index contributed by atoms with van der Waals surface area (Å²) in [5.74, 6) is 0. The molecule has 0 bridgehead atoms. The van der Waals surface area contributed by atoms with E-state index in [4.69, 9.17) is 0 Å². The lowest BCUT2D eigenvalue weighted by atomic mass is 9.86. The Bertz CT molecular complexity index is 548. The number of benzene rings is 1. The van der Waals surface area contributed by atoms with Crippen LogP contribution < -0.4 is 0 Å². The van der Waals surface area contributed by atoms with Gasteiger partial charge in [-0.15, -0.1) is 0 Å². The molecule has 0 aliphatic carbocycles. The first-order chi connectivity index (χ1) is 8.39. The summed E-state index contributed by atoms with van der Waals surface area (Å²) < 4.78 is 0. The van der Waals surface area contributed by atoms with Crippen LogP contribution in [0.25, 0.3) is 11.3 Å². The number of aryl methyl sites for hydroxylation is 1. The summed E-state index contributed by atoms with van der Waals surface area (Å²) >= 11 is 0. The minimum absolute atomic E-state index is 0.186. The van der Waals surface area contributed by atoms with Crippen molar-refractivity contribution in [3.63, 3.8) is 0 Å². The summed E-state index contributed by atoms with van der Waals surface area (Å²) in [5, 5.41) is 8.29. The fraction of sp³-hybridized carbons (Fsp3) is 0.375. The Kier molecular flexibility index (Phi) is 3.20. The van der Waals surface area contributed by atoms with Crippen molar-refractivity contribution in [2.24, 2.45) is 0 Å². The number of aromatic nitrogens is 2. The molecule has 0 unspecified atom stereocenters. The van der Waals surface area contributed by atoms with E-state index in [9.17, 15) is 0 Å². The van der Waals surface area contributed by atoms with Crippen LogP contribution in [-0.2, 0) is 5.41 Å². The Morgan fingerprint density at radius 1 is 0.944 bits per heavy atom. The molecule has 0 saturated carbocycles. The molecular formula is C16H20N2. The van der Waals surface area contributed by atoms with Gasteiger partial charge in [-0.3, -0.25) is 0 Å². The van der Waals surface area contributed by atoms with Gasteiger partial charge in [0.15, 0.2) is 0 Å². The molecule has 2 heteroatoms. The molecule has 0 amide bonds. The zero-order chi connectivity index (χ0) is 13.3. The van der Waals surface area contributed by atoms with Gasteiger partial charge >= 0.3 is 0 Å². The average Bonchev–Trinajstić information content (AvgIpc) is 2.32. The first kappa shape index (κ1) is 12.7. The van der Waals surface area contributed by atoms with E-state index in [0.29, 0.717) is 0 Å². The molecule has 0 N–H and O–H groups in total. The third-order valence-electron chi connectivity index (χ3n) is 3.38. The molecule has 0 spiro atoms. The van der Waals surface area contributed by atoms with E-state index in [1.54, 1.807) is 0 Å². The molecular weight excluding hydrogens is 220 g/mol. The van der Waals surface area contributed by atoms with Crippen molar-refractivity contribution in [2.75, 3.05) is 0 Å². The van der Waals surface area contributed by atoms with Gasteiger partial charge in [0.1, 0.15) is 0 Å². The van der Waals surface area contributed by atoms with Gasteiger partial charge in [0.25, 0.3) is 0 Å². The first-order valence-electron chi connectivity index (χ1n) is 6.29. The van der Waals surface area contributed by atoms with Crippen molar-refractivity contribution in [2.45, 2.75) is 40.0 Å². The largest absolute Gasteiger partial charge is 0.158 e. The maximum absolute atomic E-state index is 4.25. The van der Waals surface area contributed by atoms with Gasteiger partial charge in [-0.2, -0.15) is 10.2 Å². The monoisotopic (exact) mass is 240 g/mol. The zero-order valence-corrected chi connectivity index (χ0v) is 11.8. The molecule has 1 aromatic heterocycles. The fourth-order valence-electron chi connectivity index (χ4n) is 1.93. The van der Waals surface area contributed by atoms with Crippen LogP contribution in [0.1, 0.15) is 37.5 Å². The van der Waals surface area contributed by atoms with Crippen molar-refractivity contribution in [1.29, 1.82) is 0 Å². The van der Waals surface area contributed by atoms with Crippen LogP contribution in [0.5, 0.6) is 0 Å². The van der Waals surface area contributed by atoms with Gasteiger partial charge < -0.3 is 0 Å². The minimum Gasteiger partial charge on any atom is -0.158 e. The summed E-state index contributed by atoms with van der Waals surface area (Å²) in [4.78, 5) is 0. The van der Waals surface area contributed by atoms with Crippen LogP contribution in [-0.4, -0.2) is 10.2 Å². The van der Waals surface area contributed by atoms with Crippen molar-refractivity contribution >= 4 is 0 Å².